The zero-order valence-corrected chi connectivity index (χ0v) is 13.2. The molecule has 0 bridgehead atoms. The summed E-state index contributed by atoms with van der Waals surface area (Å²) in [5, 5.41) is 11.2. The molecule has 0 aliphatic rings. The minimum absolute atomic E-state index is 0.0819. The number of nitrogens with one attached hydrogen (secondary N) is 1. The quantitative estimate of drug-likeness (QED) is 0.858. The standard InChI is InChI=1S/C16H17NO4S/c1-10-13(11-3-5-12(21-2)6-4-11)9-14(22-10)16(20)17-8-7-15(18)19/h3-6,9H,7-8H2,1-2H3,(H,17,20)(H,18,19). The van der Waals surface area contributed by atoms with Gasteiger partial charge in [0.2, 0.25) is 0 Å². The summed E-state index contributed by atoms with van der Waals surface area (Å²) in [5.74, 6) is -0.390. The second-order valence-electron chi connectivity index (χ2n) is 4.71. The third-order valence-electron chi connectivity index (χ3n) is 3.17. The molecule has 0 saturated heterocycles. The summed E-state index contributed by atoms with van der Waals surface area (Å²) >= 11 is 1.40. The number of aryl methyl sites for hydroxylation is 1. The van der Waals surface area contributed by atoms with E-state index in [4.69, 9.17) is 9.84 Å². The molecule has 1 amide bonds. The topological polar surface area (TPSA) is 75.6 Å². The maximum absolute atomic E-state index is 12.0. The van der Waals surface area contributed by atoms with Gasteiger partial charge in [0, 0.05) is 11.4 Å². The van der Waals surface area contributed by atoms with E-state index in [0.717, 1.165) is 21.8 Å². The average molecular weight is 319 g/mol. The van der Waals surface area contributed by atoms with Crippen LogP contribution >= 0.6 is 11.3 Å². The van der Waals surface area contributed by atoms with Crippen molar-refractivity contribution in [3.8, 4) is 16.9 Å². The average Bonchev–Trinajstić information content (AvgIpc) is 2.89. The molecule has 2 aromatic rings. The van der Waals surface area contributed by atoms with Gasteiger partial charge >= 0.3 is 5.97 Å². The number of benzene rings is 1. The van der Waals surface area contributed by atoms with Crippen LogP contribution in [0.2, 0.25) is 0 Å². The summed E-state index contributed by atoms with van der Waals surface area (Å²) in [4.78, 5) is 24.1. The summed E-state index contributed by atoms with van der Waals surface area (Å²) in [7, 11) is 1.62. The molecule has 1 aromatic carbocycles. The van der Waals surface area contributed by atoms with E-state index >= 15 is 0 Å². The van der Waals surface area contributed by atoms with Crippen molar-refractivity contribution in [1.29, 1.82) is 0 Å². The van der Waals surface area contributed by atoms with E-state index in [1.165, 1.54) is 11.3 Å². The molecule has 0 spiro atoms. The lowest BCUT2D eigenvalue weighted by molar-refractivity contribution is -0.136. The zero-order chi connectivity index (χ0) is 16.1. The second kappa shape index (κ2) is 7.09. The fraction of sp³-hybridized carbons (Fsp3) is 0.250. The number of amides is 1. The maximum atomic E-state index is 12.0. The van der Waals surface area contributed by atoms with Crippen LogP contribution < -0.4 is 10.1 Å². The number of carbonyl (C=O) groups is 2. The summed E-state index contributed by atoms with van der Waals surface area (Å²) in [6, 6.07) is 9.47. The molecule has 22 heavy (non-hydrogen) atoms. The Morgan fingerprint density at radius 1 is 1.27 bits per heavy atom. The molecule has 0 fully saturated rings. The molecule has 0 aliphatic carbocycles. The van der Waals surface area contributed by atoms with E-state index in [-0.39, 0.29) is 18.9 Å². The maximum Gasteiger partial charge on any atom is 0.305 e. The van der Waals surface area contributed by atoms with Gasteiger partial charge in [-0.2, -0.15) is 0 Å². The van der Waals surface area contributed by atoms with Gasteiger partial charge in [0.15, 0.2) is 0 Å². The summed E-state index contributed by atoms with van der Waals surface area (Å²) in [6.07, 6.45) is -0.0819. The van der Waals surface area contributed by atoms with Gasteiger partial charge in [-0.1, -0.05) is 12.1 Å². The number of rotatable bonds is 6. The Kier molecular flexibility index (Phi) is 5.16. The van der Waals surface area contributed by atoms with Crippen LogP contribution in [0.15, 0.2) is 30.3 Å². The van der Waals surface area contributed by atoms with Crippen molar-refractivity contribution in [2.24, 2.45) is 0 Å². The third kappa shape index (κ3) is 3.85. The third-order valence-corrected chi connectivity index (χ3v) is 4.22. The van der Waals surface area contributed by atoms with Crippen molar-refractivity contribution in [2.45, 2.75) is 13.3 Å². The van der Waals surface area contributed by atoms with Crippen LogP contribution in [0.25, 0.3) is 11.1 Å². The lowest BCUT2D eigenvalue weighted by atomic mass is 10.1. The number of carbonyl (C=O) groups excluding carboxylic acids is 1. The highest BCUT2D eigenvalue weighted by molar-refractivity contribution is 7.14. The lowest BCUT2D eigenvalue weighted by Crippen LogP contribution is -2.25. The largest absolute Gasteiger partial charge is 0.497 e. The van der Waals surface area contributed by atoms with Gasteiger partial charge in [0.25, 0.3) is 5.91 Å². The number of ether oxygens (including phenoxy) is 1. The van der Waals surface area contributed by atoms with E-state index in [1.54, 1.807) is 7.11 Å². The number of carboxylic acid groups (broad SMARTS) is 1. The van der Waals surface area contributed by atoms with Gasteiger partial charge in [0.1, 0.15) is 5.75 Å². The molecule has 2 N–H and O–H groups in total. The van der Waals surface area contributed by atoms with Crippen LogP contribution in [0.5, 0.6) is 5.75 Å². The highest BCUT2D eigenvalue weighted by Gasteiger charge is 2.13. The van der Waals surface area contributed by atoms with Crippen LogP contribution in [0.1, 0.15) is 21.0 Å². The van der Waals surface area contributed by atoms with Gasteiger partial charge in [-0.15, -0.1) is 11.3 Å². The van der Waals surface area contributed by atoms with Crippen LogP contribution in [-0.4, -0.2) is 30.6 Å². The van der Waals surface area contributed by atoms with E-state index in [9.17, 15) is 9.59 Å². The normalized spacial score (nSPS) is 10.3. The van der Waals surface area contributed by atoms with Gasteiger partial charge in [-0.25, -0.2) is 0 Å². The van der Waals surface area contributed by atoms with Crippen molar-refractivity contribution in [3.63, 3.8) is 0 Å². The Morgan fingerprint density at radius 3 is 2.55 bits per heavy atom. The first kappa shape index (κ1) is 16.0. The molecule has 2 rings (SSSR count). The van der Waals surface area contributed by atoms with Crippen LogP contribution in [0, 0.1) is 6.92 Å². The van der Waals surface area contributed by atoms with E-state index in [1.807, 2.05) is 37.3 Å². The zero-order valence-electron chi connectivity index (χ0n) is 12.4. The second-order valence-corrected chi connectivity index (χ2v) is 5.96. The molecule has 0 saturated carbocycles. The van der Waals surface area contributed by atoms with Crippen molar-refractivity contribution in [2.75, 3.05) is 13.7 Å². The highest BCUT2D eigenvalue weighted by atomic mass is 32.1. The molecule has 116 valence electrons. The van der Waals surface area contributed by atoms with E-state index in [2.05, 4.69) is 5.32 Å². The molecule has 0 aliphatic heterocycles. The number of thiophene rings is 1. The predicted molar refractivity (Wildman–Crippen MR) is 85.6 cm³/mol. The Morgan fingerprint density at radius 2 is 1.95 bits per heavy atom. The number of carboxylic acids is 1. The summed E-state index contributed by atoms with van der Waals surface area (Å²) in [5.41, 5.74) is 2.01. The van der Waals surface area contributed by atoms with Crippen molar-refractivity contribution >= 4 is 23.2 Å². The molecular weight excluding hydrogens is 302 g/mol. The van der Waals surface area contributed by atoms with Crippen LogP contribution in [-0.2, 0) is 4.79 Å². The van der Waals surface area contributed by atoms with Crippen molar-refractivity contribution in [1.82, 2.24) is 5.32 Å². The molecule has 1 aromatic heterocycles. The van der Waals surface area contributed by atoms with Crippen LogP contribution in [0.4, 0.5) is 0 Å². The van der Waals surface area contributed by atoms with Gasteiger partial charge in [0.05, 0.1) is 18.4 Å². The summed E-state index contributed by atoms with van der Waals surface area (Å²) < 4.78 is 5.13. The Labute approximate surface area is 132 Å². The van der Waals surface area contributed by atoms with Crippen molar-refractivity contribution < 1.29 is 19.4 Å². The predicted octanol–water partition coefficient (Wildman–Crippen LogP) is 2.94. The van der Waals surface area contributed by atoms with Gasteiger partial charge in [-0.3, -0.25) is 9.59 Å². The van der Waals surface area contributed by atoms with Crippen LogP contribution in [0.3, 0.4) is 0 Å². The summed E-state index contributed by atoms with van der Waals surface area (Å²) in [6.45, 7) is 2.08. The molecule has 0 radical (unpaired) electrons. The first-order chi connectivity index (χ1) is 10.5. The van der Waals surface area contributed by atoms with Gasteiger partial charge < -0.3 is 15.2 Å². The fourth-order valence-corrected chi connectivity index (χ4v) is 2.98. The monoisotopic (exact) mass is 319 g/mol. The minimum atomic E-state index is -0.929. The number of methoxy groups -OCH3 is 1. The molecule has 1 heterocycles. The first-order valence-corrected chi connectivity index (χ1v) is 7.57. The number of aliphatic carboxylic acids is 1. The molecule has 0 unspecified atom stereocenters. The minimum Gasteiger partial charge on any atom is -0.497 e. The lowest BCUT2D eigenvalue weighted by Gasteiger charge is -2.02. The van der Waals surface area contributed by atoms with E-state index in [0.29, 0.717) is 4.88 Å². The molecular formula is C16H17NO4S. The molecule has 0 atom stereocenters. The Hall–Kier alpha value is -2.34. The SMILES string of the molecule is COc1ccc(-c2cc(C(=O)NCCC(=O)O)sc2C)cc1. The first-order valence-electron chi connectivity index (χ1n) is 6.76. The number of hydrogen-bond donors (Lipinski definition) is 2. The Bertz CT molecular complexity index is 676. The van der Waals surface area contributed by atoms with E-state index < -0.39 is 5.97 Å². The molecule has 6 heteroatoms. The fourth-order valence-electron chi connectivity index (χ4n) is 2.02. The molecule has 5 nitrogen and oxygen atoms in total. The smallest absolute Gasteiger partial charge is 0.305 e. The van der Waals surface area contributed by atoms with Gasteiger partial charge in [-0.05, 0) is 36.2 Å². The number of hydrogen-bond acceptors (Lipinski definition) is 4. The van der Waals surface area contributed by atoms with Crippen molar-refractivity contribution in [3.05, 3.63) is 40.1 Å². The highest BCUT2D eigenvalue weighted by Crippen LogP contribution is 2.31. The Balaban J connectivity index is 2.13.